The number of hydrogen-bond acceptors (Lipinski definition) is 3. The van der Waals surface area contributed by atoms with Gasteiger partial charge in [-0.15, -0.1) is 0 Å². The molecule has 1 aliphatic heterocycles. The predicted molar refractivity (Wildman–Crippen MR) is 59.6 cm³/mol. The van der Waals surface area contributed by atoms with Gasteiger partial charge in [0, 0.05) is 23.7 Å². The number of morpholine rings is 1. The lowest BCUT2D eigenvalue weighted by molar-refractivity contribution is 0.0263. The van der Waals surface area contributed by atoms with Crippen LogP contribution in [0, 0.1) is 0 Å². The van der Waals surface area contributed by atoms with Crippen LogP contribution in [0.2, 0.25) is 5.02 Å². The molecule has 0 spiro atoms. The largest absolute Gasteiger partial charge is 0.496 e. The summed E-state index contributed by atoms with van der Waals surface area (Å²) in [6.07, 6.45) is 0.0611. The lowest BCUT2D eigenvalue weighted by Crippen LogP contribution is -2.33. The Morgan fingerprint density at radius 1 is 1.53 bits per heavy atom. The van der Waals surface area contributed by atoms with Crippen molar-refractivity contribution < 1.29 is 9.47 Å². The van der Waals surface area contributed by atoms with Gasteiger partial charge in [-0.2, -0.15) is 0 Å². The predicted octanol–water partition coefficient (Wildman–Crippen LogP) is 2.01. The van der Waals surface area contributed by atoms with Crippen LogP contribution in [0.25, 0.3) is 0 Å². The van der Waals surface area contributed by atoms with Crippen molar-refractivity contribution >= 4 is 11.6 Å². The summed E-state index contributed by atoms with van der Waals surface area (Å²) in [5.41, 5.74) is 1.05. The second-order valence-corrected chi connectivity index (χ2v) is 3.89. The maximum atomic E-state index is 5.90. The molecule has 1 heterocycles. The molecule has 1 unspecified atom stereocenters. The van der Waals surface area contributed by atoms with Crippen LogP contribution in [0.5, 0.6) is 5.75 Å². The molecule has 1 N–H and O–H groups in total. The van der Waals surface area contributed by atoms with E-state index in [0.29, 0.717) is 5.02 Å². The fraction of sp³-hybridized carbons (Fsp3) is 0.455. The number of nitrogens with one attached hydrogen (secondary N) is 1. The Kier molecular flexibility index (Phi) is 3.46. The Balaban J connectivity index is 2.25. The van der Waals surface area contributed by atoms with Gasteiger partial charge < -0.3 is 14.8 Å². The topological polar surface area (TPSA) is 30.5 Å². The Morgan fingerprint density at radius 3 is 3.07 bits per heavy atom. The van der Waals surface area contributed by atoms with Crippen molar-refractivity contribution in [1.82, 2.24) is 5.32 Å². The zero-order chi connectivity index (χ0) is 10.7. The fourth-order valence-corrected chi connectivity index (χ4v) is 1.88. The second-order valence-electron chi connectivity index (χ2n) is 3.45. The highest BCUT2D eigenvalue weighted by molar-refractivity contribution is 6.30. The normalized spacial score (nSPS) is 21.3. The zero-order valence-corrected chi connectivity index (χ0v) is 9.38. The minimum absolute atomic E-state index is 0.0611. The van der Waals surface area contributed by atoms with Crippen molar-refractivity contribution in [3.05, 3.63) is 28.8 Å². The molecule has 1 fully saturated rings. The Hall–Kier alpha value is -0.770. The van der Waals surface area contributed by atoms with Crippen LogP contribution in [0.1, 0.15) is 11.7 Å². The van der Waals surface area contributed by atoms with Crippen LogP contribution in [-0.2, 0) is 4.74 Å². The molecule has 0 radical (unpaired) electrons. The van der Waals surface area contributed by atoms with Crippen molar-refractivity contribution in [3.8, 4) is 5.75 Å². The standard InChI is InChI=1S/C11H14ClNO2/c1-14-10-6-8(12)2-3-9(10)11-7-13-4-5-15-11/h2-3,6,11,13H,4-5,7H2,1H3. The first-order valence-electron chi connectivity index (χ1n) is 4.97. The van der Waals surface area contributed by atoms with E-state index in [1.807, 2.05) is 18.2 Å². The van der Waals surface area contributed by atoms with Gasteiger partial charge in [0.15, 0.2) is 0 Å². The van der Waals surface area contributed by atoms with Gasteiger partial charge in [0.2, 0.25) is 0 Å². The van der Waals surface area contributed by atoms with Crippen molar-refractivity contribution in [2.75, 3.05) is 26.8 Å². The summed E-state index contributed by atoms with van der Waals surface area (Å²) < 4.78 is 10.9. The van der Waals surface area contributed by atoms with Gasteiger partial charge in [-0.05, 0) is 12.1 Å². The van der Waals surface area contributed by atoms with Crippen molar-refractivity contribution in [2.45, 2.75) is 6.10 Å². The summed E-state index contributed by atoms with van der Waals surface area (Å²) >= 11 is 5.90. The number of benzene rings is 1. The molecule has 15 heavy (non-hydrogen) atoms. The lowest BCUT2D eigenvalue weighted by Gasteiger charge is -2.25. The molecule has 2 rings (SSSR count). The molecule has 0 bridgehead atoms. The average Bonchev–Trinajstić information content (AvgIpc) is 2.30. The van der Waals surface area contributed by atoms with Crippen LogP contribution in [0.3, 0.4) is 0 Å². The van der Waals surface area contributed by atoms with Gasteiger partial charge in [-0.3, -0.25) is 0 Å². The van der Waals surface area contributed by atoms with Crippen LogP contribution >= 0.6 is 11.6 Å². The molecule has 0 saturated carbocycles. The van der Waals surface area contributed by atoms with E-state index in [1.54, 1.807) is 7.11 Å². The molecule has 0 aromatic heterocycles. The highest BCUT2D eigenvalue weighted by Gasteiger charge is 2.19. The minimum atomic E-state index is 0.0611. The van der Waals surface area contributed by atoms with Gasteiger partial charge in [-0.1, -0.05) is 17.7 Å². The molecule has 3 nitrogen and oxygen atoms in total. The van der Waals surface area contributed by atoms with E-state index in [9.17, 15) is 0 Å². The van der Waals surface area contributed by atoms with E-state index in [-0.39, 0.29) is 6.10 Å². The number of halogens is 1. The fourth-order valence-electron chi connectivity index (χ4n) is 1.72. The molecule has 82 valence electrons. The monoisotopic (exact) mass is 227 g/mol. The maximum absolute atomic E-state index is 5.90. The molecule has 1 atom stereocenters. The van der Waals surface area contributed by atoms with E-state index < -0.39 is 0 Å². The first-order chi connectivity index (χ1) is 7.31. The van der Waals surface area contributed by atoms with Crippen LogP contribution < -0.4 is 10.1 Å². The van der Waals surface area contributed by atoms with E-state index in [2.05, 4.69) is 5.32 Å². The number of ether oxygens (including phenoxy) is 2. The van der Waals surface area contributed by atoms with Crippen molar-refractivity contribution in [3.63, 3.8) is 0 Å². The molecule has 4 heteroatoms. The van der Waals surface area contributed by atoms with Crippen LogP contribution in [0.4, 0.5) is 0 Å². The van der Waals surface area contributed by atoms with Gasteiger partial charge in [0.1, 0.15) is 5.75 Å². The summed E-state index contributed by atoms with van der Waals surface area (Å²) in [6, 6.07) is 5.63. The number of rotatable bonds is 2. The summed E-state index contributed by atoms with van der Waals surface area (Å²) in [6.45, 7) is 2.46. The van der Waals surface area contributed by atoms with E-state index >= 15 is 0 Å². The highest BCUT2D eigenvalue weighted by Crippen LogP contribution is 2.30. The van der Waals surface area contributed by atoms with Gasteiger partial charge in [0.25, 0.3) is 0 Å². The highest BCUT2D eigenvalue weighted by atomic mass is 35.5. The minimum Gasteiger partial charge on any atom is -0.496 e. The molecule has 1 aliphatic rings. The van der Waals surface area contributed by atoms with E-state index in [1.165, 1.54) is 0 Å². The first kappa shape index (κ1) is 10.7. The van der Waals surface area contributed by atoms with E-state index in [4.69, 9.17) is 21.1 Å². The summed E-state index contributed by atoms with van der Waals surface area (Å²) in [7, 11) is 1.64. The van der Waals surface area contributed by atoms with Crippen LogP contribution in [-0.4, -0.2) is 26.8 Å². The third-order valence-corrected chi connectivity index (χ3v) is 2.71. The Bertz CT molecular complexity index is 337. The van der Waals surface area contributed by atoms with Gasteiger partial charge in [0.05, 0.1) is 19.8 Å². The number of methoxy groups -OCH3 is 1. The summed E-state index contributed by atoms with van der Waals surface area (Å²) in [4.78, 5) is 0. The lowest BCUT2D eigenvalue weighted by atomic mass is 10.1. The zero-order valence-electron chi connectivity index (χ0n) is 8.63. The number of hydrogen-bond donors (Lipinski definition) is 1. The third-order valence-electron chi connectivity index (χ3n) is 2.47. The van der Waals surface area contributed by atoms with Crippen molar-refractivity contribution in [1.29, 1.82) is 0 Å². The first-order valence-corrected chi connectivity index (χ1v) is 5.35. The molecular formula is C11H14ClNO2. The van der Waals surface area contributed by atoms with Gasteiger partial charge in [-0.25, -0.2) is 0 Å². The third kappa shape index (κ3) is 2.43. The van der Waals surface area contributed by atoms with Crippen LogP contribution in [0.15, 0.2) is 18.2 Å². The molecule has 1 saturated heterocycles. The summed E-state index contributed by atoms with van der Waals surface area (Å²) in [5.74, 6) is 0.788. The molecular weight excluding hydrogens is 214 g/mol. The van der Waals surface area contributed by atoms with Crippen molar-refractivity contribution in [2.24, 2.45) is 0 Å². The Morgan fingerprint density at radius 2 is 2.40 bits per heavy atom. The smallest absolute Gasteiger partial charge is 0.126 e. The average molecular weight is 228 g/mol. The Labute approximate surface area is 94.3 Å². The molecule has 0 amide bonds. The quantitative estimate of drug-likeness (QED) is 0.839. The molecule has 1 aromatic carbocycles. The maximum Gasteiger partial charge on any atom is 0.126 e. The summed E-state index contributed by atoms with van der Waals surface area (Å²) in [5, 5.41) is 3.97. The van der Waals surface area contributed by atoms with Gasteiger partial charge >= 0.3 is 0 Å². The second kappa shape index (κ2) is 4.84. The van der Waals surface area contributed by atoms with E-state index in [0.717, 1.165) is 31.0 Å². The SMILES string of the molecule is COc1cc(Cl)ccc1C1CNCCO1. The molecule has 0 aliphatic carbocycles. The molecule has 1 aromatic rings.